The summed E-state index contributed by atoms with van der Waals surface area (Å²) in [5.74, 6) is -0.168. The van der Waals surface area contributed by atoms with Crippen LogP contribution in [0, 0.1) is 0 Å². The van der Waals surface area contributed by atoms with E-state index in [-0.39, 0.29) is 28.1 Å². The third-order valence-corrected chi connectivity index (χ3v) is 6.69. The van der Waals surface area contributed by atoms with Gasteiger partial charge >= 0.3 is 0 Å². The summed E-state index contributed by atoms with van der Waals surface area (Å²) in [5, 5.41) is 0.326. The minimum Gasteiger partial charge on any atom is -0.495 e. The first-order valence-corrected chi connectivity index (χ1v) is 11.5. The molecule has 0 atom stereocenters. The molecule has 10 heteroatoms. The average Bonchev–Trinajstić information content (AvgIpc) is 2.55. The van der Waals surface area contributed by atoms with Gasteiger partial charge in [-0.25, -0.2) is 21.6 Å². The van der Waals surface area contributed by atoms with Crippen molar-refractivity contribution in [2.45, 2.75) is 30.5 Å². The second-order valence-corrected chi connectivity index (χ2v) is 9.93. The van der Waals surface area contributed by atoms with Crippen LogP contribution < -0.4 is 14.2 Å². The molecule has 0 amide bonds. The summed E-state index contributed by atoms with van der Waals surface area (Å²) in [5.41, 5.74) is 0.451. The Morgan fingerprint density at radius 1 is 1.07 bits per heavy atom. The van der Waals surface area contributed by atoms with Crippen molar-refractivity contribution in [3.63, 3.8) is 0 Å². The van der Waals surface area contributed by atoms with Gasteiger partial charge in [0.05, 0.1) is 23.4 Å². The van der Waals surface area contributed by atoms with Gasteiger partial charge in [0.25, 0.3) is 0 Å². The molecule has 2 aromatic carbocycles. The maximum Gasteiger partial charge on any atom is 0.240 e. The van der Waals surface area contributed by atoms with Gasteiger partial charge in [-0.2, -0.15) is 0 Å². The van der Waals surface area contributed by atoms with Crippen molar-refractivity contribution >= 4 is 37.3 Å². The van der Waals surface area contributed by atoms with Crippen LogP contribution in [0.1, 0.15) is 19.4 Å². The molecule has 148 valence electrons. The molecular formula is C17H21ClN2O5S2. The fourth-order valence-corrected chi connectivity index (χ4v) is 5.12. The highest BCUT2D eigenvalue weighted by atomic mass is 35.5. The molecule has 0 aliphatic carbocycles. The second kappa shape index (κ2) is 8.47. The van der Waals surface area contributed by atoms with Gasteiger partial charge in [-0.15, -0.1) is 0 Å². The number of ether oxygens (including phenoxy) is 1. The first-order valence-electron chi connectivity index (χ1n) is 7.98. The molecule has 0 saturated heterocycles. The summed E-state index contributed by atoms with van der Waals surface area (Å²) >= 11 is 6.02. The van der Waals surface area contributed by atoms with Gasteiger partial charge in [-0.1, -0.05) is 29.8 Å². The Hall–Kier alpha value is -1.81. The highest BCUT2D eigenvalue weighted by Crippen LogP contribution is 2.29. The fourth-order valence-electron chi connectivity index (χ4n) is 2.34. The molecule has 0 heterocycles. The second-order valence-electron chi connectivity index (χ2n) is 6.09. The van der Waals surface area contributed by atoms with Crippen molar-refractivity contribution in [3.05, 3.63) is 53.1 Å². The minimum atomic E-state index is -3.86. The Bertz CT molecular complexity index is 1020. The van der Waals surface area contributed by atoms with Crippen LogP contribution in [-0.2, 0) is 25.8 Å². The summed E-state index contributed by atoms with van der Waals surface area (Å²) < 4.78 is 59.7. The van der Waals surface area contributed by atoms with Gasteiger partial charge in [0, 0.05) is 11.1 Å². The lowest BCUT2D eigenvalue weighted by molar-refractivity contribution is 0.416. The van der Waals surface area contributed by atoms with Crippen molar-refractivity contribution in [2.75, 3.05) is 11.8 Å². The standard InChI is InChI=1S/C17H21ClN2O5S2/c1-12(2)19-27(23,24)14-8-9-17(25-3)16(10-14)20-26(21,22)11-13-6-4-5-7-15(13)18/h4-10,12,19-20H,11H2,1-3H3. The molecule has 0 saturated carbocycles. The van der Waals surface area contributed by atoms with Gasteiger partial charge < -0.3 is 4.74 Å². The smallest absolute Gasteiger partial charge is 0.240 e. The van der Waals surface area contributed by atoms with Crippen molar-refractivity contribution in [1.29, 1.82) is 0 Å². The molecule has 0 aliphatic rings. The normalized spacial score (nSPS) is 12.2. The maximum absolute atomic E-state index is 12.5. The Labute approximate surface area is 164 Å². The van der Waals surface area contributed by atoms with Crippen LogP contribution in [0.5, 0.6) is 5.75 Å². The van der Waals surface area contributed by atoms with Crippen molar-refractivity contribution in [3.8, 4) is 5.75 Å². The summed E-state index contributed by atoms with van der Waals surface area (Å²) in [7, 11) is -6.28. The van der Waals surface area contributed by atoms with Gasteiger partial charge in [-0.3, -0.25) is 4.72 Å². The van der Waals surface area contributed by atoms with Crippen molar-refractivity contribution < 1.29 is 21.6 Å². The maximum atomic E-state index is 12.5. The Morgan fingerprint density at radius 3 is 2.33 bits per heavy atom. The quantitative estimate of drug-likeness (QED) is 0.667. The van der Waals surface area contributed by atoms with Crippen LogP contribution in [0.25, 0.3) is 0 Å². The predicted octanol–water partition coefficient (Wildman–Crippen LogP) is 2.98. The van der Waals surface area contributed by atoms with Crippen LogP contribution in [-0.4, -0.2) is 30.0 Å². The molecule has 0 spiro atoms. The lowest BCUT2D eigenvalue weighted by atomic mass is 10.2. The predicted molar refractivity (Wildman–Crippen MR) is 106 cm³/mol. The van der Waals surface area contributed by atoms with E-state index < -0.39 is 20.0 Å². The first-order chi connectivity index (χ1) is 12.5. The molecule has 0 aromatic heterocycles. The summed E-state index contributed by atoms with van der Waals surface area (Å²) in [6, 6.07) is 10.2. The molecule has 2 N–H and O–H groups in total. The first kappa shape index (κ1) is 21.5. The van der Waals surface area contributed by atoms with Crippen LogP contribution in [0.2, 0.25) is 5.02 Å². The summed E-state index contributed by atoms with van der Waals surface area (Å²) in [6.07, 6.45) is 0. The molecule has 2 rings (SSSR count). The van der Waals surface area contributed by atoms with E-state index in [1.807, 2.05) is 0 Å². The van der Waals surface area contributed by atoms with Gasteiger partial charge in [0.1, 0.15) is 5.75 Å². The number of sulfonamides is 2. The Balaban J connectivity index is 2.36. The van der Waals surface area contributed by atoms with E-state index in [2.05, 4.69) is 9.44 Å². The zero-order valence-electron chi connectivity index (χ0n) is 15.1. The van der Waals surface area contributed by atoms with Gasteiger partial charge in [0.15, 0.2) is 0 Å². The van der Waals surface area contributed by atoms with E-state index in [0.717, 1.165) is 0 Å². The Morgan fingerprint density at radius 2 is 1.74 bits per heavy atom. The van der Waals surface area contributed by atoms with Crippen LogP contribution >= 0.6 is 11.6 Å². The SMILES string of the molecule is COc1ccc(S(=O)(=O)NC(C)C)cc1NS(=O)(=O)Cc1ccccc1Cl. The highest BCUT2D eigenvalue weighted by molar-refractivity contribution is 7.92. The number of rotatable bonds is 8. The number of hydrogen-bond acceptors (Lipinski definition) is 5. The van der Waals surface area contributed by atoms with Crippen LogP contribution in [0.15, 0.2) is 47.4 Å². The third kappa shape index (κ3) is 5.83. The van der Waals surface area contributed by atoms with Crippen LogP contribution in [0.4, 0.5) is 5.69 Å². The van der Waals surface area contributed by atoms with Gasteiger partial charge in [0.2, 0.25) is 20.0 Å². The van der Waals surface area contributed by atoms with E-state index in [4.69, 9.17) is 16.3 Å². The van der Waals surface area contributed by atoms with E-state index in [1.54, 1.807) is 38.1 Å². The molecule has 0 aliphatic heterocycles. The van der Waals surface area contributed by atoms with E-state index in [1.165, 1.54) is 25.3 Å². The van der Waals surface area contributed by atoms with E-state index in [0.29, 0.717) is 10.6 Å². The topological polar surface area (TPSA) is 102 Å². The monoisotopic (exact) mass is 432 g/mol. The minimum absolute atomic E-state index is 0.0242. The summed E-state index contributed by atoms with van der Waals surface area (Å²) in [6.45, 7) is 3.38. The number of anilines is 1. The van der Waals surface area contributed by atoms with Crippen molar-refractivity contribution in [1.82, 2.24) is 4.72 Å². The zero-order chi connectivity index (χ0) is 20.2. The lowest BCUT2D eigenvalue weighted by Gasteiger charge is -2.15. The fraction of sp³-hybridized carbons (Fsp3) is 0.294. The van der Waals surface area contributed by atoms with Gasteiger partial charge in [-0.05, 0) is 43.7 Å². The molecule has 27 heavy (non-hydrogen) atoms. The molecule has 0 unspecified atom stereocenters. The zero-order valence-corrected chi connectivity index (χ0v) is 17.5. The number of methoxy groups -OCH3 is 1. The highest BCUT2D eigenvalue weighted by Gasteiger charge is 2.21. The number of benzene rings is 2. The summed E-state index contributed by atoms with van der Waals surface area (Å²) in [4.78, 5) is -0.0764. The van der Waals surface area contributed by atoms with Crippen LogP contribution in [0.3, 0.4) is 0 Å². The lowest BCUT2D eigenvalue weighted by Crippen LogP contribution is -2.30. The third-order valence-electron chi connectivity index (χ3n) is 3.44. The molecule has 0 bridgehead atoms. The molecule has 7 nitrogen and oxygen atoms in total. The largest absolute Gasteiger partial charge is 0.495 e. The molecular weight excluding hydrogens is 412 g/mol. The average molecular weight is 433 g/mol. The molecule has 0 fully saturated rings. The molecule has 2 aromatic rings. The Kier molecular flexibility index (Phi) is 6.74. The van der Waals surface area contributed by atoms with Crippen molar-refractivity contribution in [2.24, 2.45) is 0 Å². The van der Waals surface area contributed by atoms with E-state index in [9.17, 15) is 16.8 Å². The molecule has 0 radical (unpaired) electrons. The number of nitrogens with one attached hydrogen (secondary N) is 2. The number of hydrogen-bond donors (Lipinski definition) is 2. The number of halogens is 1. The van der Waals surface area contributed by atoms with E-state index >= 15 is 0 Å².